The molecule has 1 aliphatic heterocycles. The highest BCUT2D eigenvalue weighted by atomic mass is 16.4. The van der Waals surface area contributed by atoms with Gasteiger partial charge in [0.1, 0.15) is 0 Å². The van der Waals surface area contributed by atoms with Gasteiger partial charge in [-0.05, 0) is 42.2 Å². The number of aryl methyl sites for hydroxylation is 1. The zero-order valence-electron chi connectivity index (χ0n) is 12.5. The van der Waals surface area contributed by atoms with Gasteiger partial charge in [-0.15, -0.1) is 0 Å². The molecule has 1 aromatic heterocycles. The molecule has 112 valence electrons. The smallest absolute Gasteiger partial charge is 0.404 e. The zero-order valence-corrected chi connectivity index (χ0v) is 12.5. The summed E-state index contributed by atoms with van der Waals surface area (Å²) in [4.78, 5) is 11.0. The number of aromatic nitrogens is 1. The van der Waals surface area contributed by atoms with Crippen molar-refractivity contribution in [2.45, 2.75) is 39.3 Å². The topological polar surface area (TPSA) is 54.3 Å². The van der Waals surface area contributed by atoms with E-state index >= 15 is 0 Å². The van der Waals surface area contributed by atoms with Crippen molar-refractivity contribution in [2.75, 3.05) is 0 Å². The summed E-state index contributed by atoms with van der Waals surface area (Å²) in [6, 6.07) is 10.7. The number of carbonyl (C=O) groups is 1. The predicted molar refractivity (Wildman–Crippen MR) is 83.5 cm³/mol. The summed E-state index contributed by atoms with van der Waals surface area (Å²) < 4.78 is 2.38. The number of para-hydroxylation sites is 1. The molecule has 1 aliphatic rings. The minimum Gasteiger partial charge on any atom is -0.465 e. The van der Waals surface area contributed by atoms with E-state index in [1.807, 2.05) is 0 Å². The fourth-order valence-corrected chi connectivity index (χ4v) is 3.64. The number of fused-ring (bicyclic) bond motifs is 3. The number of carboxylic acid groups (broad SMARTS) is 1. The van der Waals surface area contributed by atoms with E-state index in [9.17, 15) is 4.79 Å². The number of nitrogens with zero attached hydrogens (tertiary/aromatic N) is 1. The van der Waals surface area contributed by atoms with Gasteiger partial charge in [-0.1, -0.05) is 32.0 Å². The molecule has 0 saturated heterocycles. The molecule has 4 heteroatoms. The number of amides is 1. The van der Waals surface area contributed by atoms with Crippen LogP contribution in [0.15, 0.2) is 30.3 Å². The summed E-state index contributed by atoms with van der Waals surface area (Å²) in [6.45, 7) is 5.15. The Balaban J connectivity index is 1.87. The van der Waals surface area contributed by atoms with Crippen molar-refractivity contribution in [1.29, 1.82) is 0 Å². The highest BCUT2D eigenvalue weighted by Crippen LogP contribution is 2.31. The Morgan fingerprint density at radius 1 is 1.38 bits per heavy atom. The average Bonchev–Trinajstić information content (AvgIpc) is 2.81. The van der Waals surface area contributed by atoms with Gasteiger partial charge in [0, 0.05) is 23.8 Å². The molecule has 2 atom stereocenters. The van der Waals surface area contributed by atoms with Crippen molar-refractivity contribution in [3.63, 3.8) is 0 Å². The SMILES string of the molecule is CC(C)[C@H](NC(=O)O)[C@H]1CCn2c(cc3ccccc32)C1. The minimum absolute atomic E-state index is 0.0225. The summed E-state index contributed by atoms with van der Waals surface area (Å²) in [5.74, 6) is 0.681. The number of hydrogen-bond donors (Lipinski definition) is 2. The first kappa shape index (κ1) is 14.0. The van der Waals surface area contributed by atoms with Gasteiger partial charge in [-0.2, -0.15) is 0 Å². The quantitative estimate of drug-likeness (QED) is 0.907. The molecule has 1 amide bonds. The van der Waals surface area contributed by atoms with Crippen LogP contribution < -0.4 is 5.32 Å². The van der Waals surface area contributed by atoms with Crippen LogP contribution in [0, 0.1) is 11.8 Å². The standard InChI is InChI=1S/C17H22N2O2/c1-11(2)16(18-17(20)21)13-7-8-19-14(10-13)9-12-5-3-4-6-15(12)19/h3-6,9,11,13,16,18H,7-8,10H2,1-2H3,(H,20,21)/t13-,16-/m0/s1. The second-order valence-electron chi connectivity index (χ2n) is 6.32. The van der Waals surface area contributed by atoms with Crippen LogP contribution in [-0.4, -0.2) is 21.8 Å². The van der Waals surface area contributed by atoms with Crippen molar-refractivity contribution in [3.05, 3.63) is 36.0 Å². The molecule has 0 radical (unpaired) electrons. The lowest BCUT2D eigenvalue weighted by Gasteiger charge is -2.33. The summed E-state index contributed by atoms with van der Waals surface area (Å²) >= 11 is 0. The second-order valence-corrected chi connectivity index (χ2v) is 6.32. The largest absolute Gasteiger partial charge is 0.465 e. The Hall–Kier alpha value is -1.97. The monoisotopic (exact) mass is 286 g/mol. The van der Waals surface area contributed by atoms with E-state index in [1.54, 1.807) is 0 Å². The molecule has 0 aliphatic carbocycles. The molecular weight excluding hydrogens is 264 g/mol. The molecule has 0 fully saturated rings. The van der Waals surface area contributed by atoms with Gasteiger partial charge in [0.25, 0.3) is 0 Å². The first-order valence-corrected chi connectivity index (χ1v) is 7.63. The van der Waals surface area contributed by atoms with E-state index in [-0.39, 0.29) is 6.04 Å². The van der Waals surface area contributed by atoms with Crippen molar-refractivity contribution in [2.24, 2.45) is 11.8 Å². The Morgan fingerprint density at radius 3 is 2.86 bits per heavy atom. The molecule has 4 nitrogen and oxygen atoms in total. The Morgan fingerprint density at radius 2 is 2.14 bits per heavy atom. The van der Waals surface area contributed by atoms with Gasteiger partial charge in [-0.25, -0.2) is 4.79 Å². The van der Waals surface area contributed by atoms with E-state index in [0.717, 1.165) is 19.4 Å². The Bertz CT molecular complexity index is 660. The summed E-state index contributed by atoms with van der Waals surface area (Å²) in [5, 5.41) is 13.1. The molecule has 2 N–H and O–H groups in total. The third-order valence-corrected chi connectivity index (χ3v) is 4.61. The third kappa shape index (κ3) is 2.62. The molecule has 3 rings (SSSR count). The summed E-state index contributed by atoms with van der Waals surface area (Å²) in [5.41, 5.74) is 2.61. The lowest BCUT2D eigenvalue weighted by Crippen LogP contribution is -2.45. The van der Waals surface area contributed by atoms with Crippen LogP contribution in [0.2, 0.25) is 0 Å². The fourth-order valence-electron chi connectivity index (χ4n) is 3.64. The van der Waals surface area contributed by atoms with Crippen LogP contribution in [0.1, 0.15) is 26.0 Å². The van der Waals surface area contributed by atoms with Gasteiger partial charge < -0.3 is 15.0 Å². The predicted octanol–water partition coefficient (Wildman–Crippen LogP) is 3.50. The van der Waals surface area contributed by atoms with Gasteiger partial charge in [0.15, 0.2) is 0 Å². The number of rotatable bonds is 3. The second kappa shape index (κ2) is 5.43. The first-order chi connectivity index (χ1) is 10.1. The molecule has 0 spiro atoms. The van der Waals surface area contributed by atoms with Crippen LogP contribution >= 0.6 is 0 Å². The van der Waals surface area contributed by atoms with E-state index in [2.05, 4.69) is 54.1 Å². The van der Waals surface area contributed by atoms with Crippen LogP contribution in [0.4, 0.5) is 4.79 Å². The summed E-state index contributed by atoms with van der Waals surface area (Å²) in [6.07, 6.45) is 1.05. The van der Waals surface area contributed by atoms with Crippen LogP contribution in [-0.2, 0) is 13.0 Å². The van der Waals surface area contributed by atoms with Crippen LogP contribution in [0.3, 0.4) is 0 Å². The number of hydrogen-bond acceptors (Lipinski definition) is 1. The molecular formula is C17H22N2O2. The van der Waals surface area contributed by atoms with Gasteiger partial charge in [0.05, 0.1) is 0 Å². The lowest BCUT2D eigenvalue weighted by molar-refractivity contribution is 0.170. The van der Waals surface area contributed by atoms with E-state index in [4.69, 9.17) is 5.11 Å². The lowest BCUT2D eigenvalue weighted by atomic mass is 9.83. The molecule has 21 heavy (non-hydrogen) atoms. The minimum atomic E-state index is -0.917. The van der Waals surface area contributed by atoms with Gasteiger partial charge >= 0.3 is 6.09 Å². The van der Waals surface area contributed by atoms with Gasteiger partial charge in [-0.3, -0.25) is 0 Å². The van der Waals surface area contributed by atoms with Crippen molar-refractivity contribution < 1.29 is 9.90 Å². The molecule has 2 aromatic rings. The molecule has 0 bridgehead atoms. The molecule has 0 unspecified atom stereocenters. The third-order valence-electron chi connectivity index (χ3n) is 4.61. The highest BCUT2D eigenvalue weighted by Gasteiger charge is 2.30. The zero-order chi connectivity index (χ0) is 15.0. The fraction of sp³-hybridized carbons (Fsp3) is 0.471. The molecule has 0 saturated carbocycles. The molecule has 2 heterocycles. The van der Waals surface area contributed by atoms with E-state index in [1.165, 1.54) is 16.6 Å². The van der Waals surface area contributed by atoms with E-state index < -0.39 is 6.09 Å². The Kier molecular flexibility index (Phi) is 3.62. The van der Waals surface area contributed by atoms with Crippen molar-refractivity contribution in [3.8, 4) is 0 Å². The molecule has 1 aromatic carbocycles. The Labute approximate surface area is 124 Å². The van der Waals surface area contributed by atoms with Gasteiger partial charge in [0.2, 0.25) is 0 Å². The maximum absolute atomic E-state index is 11.0. The normalized spacial score (nSPS) is 19.5. The number of nitrogens with one attached hydrogen (secondary N) is 1. The average molecular weight is 286 g/mol. The van der Waals surface area contributed by atoms with Crippen LogP contribution in [0.25, 0.3) is 10.9 Å². The summed E-state index contributed by atoms with van der Waals surface area (Å²) in [7, 11) is 0. The highest BCUT2D eigenvalue weighted by molar-refractivity contribution is 5.81. The van der Waals surface area contributed by atoms with Crippen LogP contribution in [0.5, 0.6) is 0 Å². The van der Waals surface area contributed by atoms with Crippen molar-refractivity contribution >= 4 is 17.0 Å². The first-order valence-electron chi connectivity index (χ1n) is 7.63. The van der Waals surface area contributed by atoms with E-state index in [0.29, 0.717) is 11.8 Å². The number of benzene rings is 1. The van der Waals surface area contributed by atoms with Crippen molar-refractivity contribution in [1.82, 2.24) is 9.88 Å². The maximum atomic E-state index is 11.0. The maximum Gasteiger partial charge on any atom is 0.404 e.